The van der Waals surface area contributed by atoms with E-state index in [-0.39, 0.29) is 11.7 Å². The molecule has 0 saturated carbocycles. The monoisotopic (exact) mass is 188 g/mol. The molecule has 0 aromatic heterocycles. The lowest BCUT2D eigenvalue weighted by molar-refractivity contribution is 0.474. The molecule has 0 unspecified atom stereocenters. The standard InChI is InChI=1S/C9H8N4O/c10-9-11-8(12-13-9)5-6-3-1-2-4-7(6)14/h1-5,14H,(H2,10,11). The van der Waals surface area contributed by atoms with E-state index in [4.69, 9.17) is 5.73 Å². The number of phenolic OH excluding ortho intramolecular Hbond substituents is 1. The minimum atomic E-state index is 0.131. The van der Waals surface area contributed by atoms with E-state index in [1.54, 1.807) is 24.3 Å². The van der Waals surface area contributed by atoms with E-state index >= 15 is 0 Å². The second kappa shape index (κ2) is 3.29. The molecule has 5 heteroatoms. The summed E-state index contributed by atoms with van der Waals surface area (Å²) in [7, 11) is 0. The third-order valence-electron chi connectivity index (χ3n) is 1.71. The first-order chi connectivity index (χ1) is 6.75. The van der Waals surface area contributed by atoms with Crippen LogP contribution in [0, 0.1) is 0 Å². The molecule has 0 atom stereocenters. The number of para-hydroxylation sites is 1. The van der Waals surface area contributed by atoms with Gasteiger partial charge in [0.05, 0.1) is 0 Å². The van der Waals surface area contributed by atoms with E-state index in [1.807, 2.05) is 6.07 Å². The van der Waals surface area contributed by atoms with Gasteiger partial charge in [0.15, 0.2) is 5.82 Å². The van der Waals surface area contributed by atoms with Crippen LogP contribution in [0.3, 0.4) is 0 Å². The fourth-order valence-electron chi connectivity index (χ4n) is 1.07. The van der Waals surface area contributed by atoms with Crippen LogP contribution in [0.5, 0.6) is 5.75 Å². The zero-order valence-corrected chi connectivity index (χ0v) is 7.25. The van der Waals surface area contributed by atoms with Gasteiger partial charge in [-0.05, 0) is 12.1 Å². The Kier molecular flexibility index (Phi) is 1.98. The number of guanidine groups is 1. The van der Waals surface area contributed by atoms with Crippen molar-refractivity contribution in [1.29, 1.82) is 0 Å². The third-order valence-corrected chi connectivity index (χ3v) is 1.71. The van der Waals surface area contributed by atoms with E-state index < -0.39 is 0 Å². The molecular weight excluding hydrogens is 180 g/mol. The number of rotatable bonds is 1. The van der Waals surface area contributed by atoms with Crippen molar-refractivity contribution < 1.29 is 5.11 Å². The molecule has 1 aliphatic rings. The molecule has 0 amide bonds. The average molecular weight is 188 g/mol. The highest BCUT2D eigenvalue weighted by Gasteiger charge is 2.04. The topological polar surface area (TPSA) is 83.3 Å². The summed E-state index contributed by atoms with van der Waals surface area (Å²) in [6, 6.07) is 6.89. The Labute approximate surface area is 80.3 Å². The summed E-state index contributed by atoms with van der Waals surface area (Å²) in [6.45, 7) is 0. The van der Waals surface area contributed by atoms with Crippen LogP contribution < -0.4 is 5.73 Å². The van der Waals surface area contributed by atoms with Crippen molar-refractivity contribution in [2.45, 2.75) is 0 Å². The van der Waals surface area contributed by atoms with Crippen LogP contribution in [0.1, 0.15) is 5.56 Å². The van der Waals surface area contributed by atoms with E-state index in [1.165, 1.54) is 0 Å². The summed E-state index contributed by atoms with van der Waals surface area (Å²) < 4.78 is 0. The molecule has 0 aliphatic carbocycles. The first-order valence-corrected chi connectivity index (χ1v) is 4.01. The number of nitrogens with zero attached hydrogens (tertiary/aromatic N) is 3. The highest BCUT2D eigenvalue weighted by molar-refractivity contribution is 5.82. The molecule has 3 N–H and O–H groups in total. The summed E-state index contributed by atoms with van der Waals surface area (Å²) in [5.41, 5.74) is 5.94. The van der Waals surface area contributed by atoms with Gasteiger partial charge in [-0.15, -0.1) is 10.2 Å². The maximum absolute atomic E-state index is 9.44. The molecule has 0 radical (unpaired) electrons. The molecule has 0 fully saturated rings. The van der Waals surface area contributed by atoms with Crippen molar-refractivity contribution in [1.82, 2.24) is 0 Å². The lowest BCUT2D eigenvalue weighted by Crippen LogP contribution is -2.03. The van der Waals surface area contributed by atoms with Gasteiger partial charge in [0.25, 0.3) is 0 Å². The van der Waals surface area contributed by atoms with Gasteiger partial charge in [-0.2, -0.15) is 4.99 Å². The Morgan fingerprint density at radius 1 is 1.21 bits per heavy atom. The van der Waals surface area contributed by atoms with E-state index in [9.17, 15) is 5.11 Å². The minimum Gasteiger partial charge on any atom is -0.507 e. The van der Waals surface area contributed by atoms with E-state index in [0.717, 1.165) is 0 Å². The Morgan fingerprint density at radius 3 is 2.64 bits per heavy atom. The third kappa shape index (κ3) is 1.61. The SMILES string of the molecule is NC1=NC(=Cc2ccccc2O)N=N1. The molecule has 2 rings (SSSR count). The maximum Gasteiger partial charge on any atom is 0.242 e. The van der Waals surface area contributed by atoms with Gasteiger partial charge in [-0.25, -0.2) is 0 Å². The average Bonchev–Trinajstić information content (AvgIpc) is 2.56. The van der Waals surface area contributed by atoms with Crippen LogP contribution in [0.4, 0.5) is 0 Å². The second-order valence-electron chi connectivity index (χ2n) is 2.73. The molecule has 0 saturated heterocycles. The van der Waals surface area contributed by atoms with Crippen molar-refractivity contribution in [3.05, 3.63) is 35.6 Å². The number of hydrogen-bond acceptors (Lipinski definition) is 5. The maximum atomic E-state index is 9.44. The zero-order chi connectivity index (χ0) is 9.97. The van der Waals surface area contributed by atoms with Gasteiger partial charge in [0, 0.05) is 5.56 Å². The quantitative estimate of drug-likeness (QED) is 0.699. The fraction of sp³-hybridized carbons (Fsp3) is 0. The van der Waals surface area contributed by atoms with Crippen LogP contribution in [0.15, 0.2) is 45.3 Å². The highest BCUT2D eigenvalue weighted by atomic mass is 16.3. The Hall–Kier alpha value is -2.17. The fourth-order valence-corrected chi connectivity index (χ4v) is 1.07. The summed E-state index contributed by atoms with van der Waals surface area (Å²) in [6.07, 6.45) is 1.61. The van der Waals surface area contributed by atoms with Crippen LogP contribution in [-0.2, 0) is 0 Å². The Bertz CT molecular complexity index is 448. The number of aliphatic imine (C=N–C) groups is 1. The number of aromatic hydroxyl groups is 1. The zero-order valence-electron chi connectivity index (χ0n) is 7.25. The molecule has 14 heavy (non-hydrogen) atoms. The van der Waals surface area contributed by atoms with Gasteiger partial charge in [0.1, 0.15) is 5.75 Å². The predicted molar refractivity (Wildman–Crippen MR) is 52.6 cm³/mol. The normalized spacial score (nSPS) is 17.4. The van der Waals surface area contributed by atoms with Crippen LogP contribution in [0.2, 0.25) is 0 Å². The highest BCUT2D eigenvalue weighted by Crippen LogP contribution is 2.21. The van der Waals surface area contributed by atoms with Crippen LogP contribution in [-0.4, -0.2) is 11.1 Å². The molecule has 1 aromatic carbocycles. The molecule has 1 heterocycles. The number of benzene rings is 1. The van der Waals surface area contributed by atoms with Gasteiger partial charge < -0.3 is 10.8 Å². The second-order valence-corrected chi connectivity index (χ2v) is 2.73. The van der Waals surface area contributed by atoms with Crippen molar-refractivity contribution in [3.63, 3.8) is 0 Å². The predicted octanol–water partition coefficient (Wildman–Crippen LogP) is 1.47. The number of hydrogen-bond donors (Lipinski definition) is 2. The summed E-state index contributed by atoms with van der Waals surface area (Å²) in [5.74, 6) is 0.701. The summed E-state index contributed by atoms with van der Waals surface area (Å²) >= 11 is 0. The molecule has 1 aliphatic heterocycles. The van der Waals surface area contributed by atoms with Gasteiger partial charge >= 0.3 is 0 Å². The number of phenols is 1. The van der Waals surface area contributed by atoms with Gasteiger partial charge in [-0.1, -0.05) is 18.2 Å². The first kappa shape index (κ1) is 8.43. The summed E-state index contributed by atoms with van der Waals surface area (Å²) in [5, 5.41) is 16.7. The van der Waals surface area contributed by atoms with Crippen LogP contribution >= 0.6 is 0 Å². The lowest BCUT2D eigenvalue weighted by atomic mass is 10.2. The van der Waals surface area contributed by atoms with E-state index in [2.05, 4.69) is 15.2 Å². The van der Waals surface area contributed by atoms with Crippen molar-refractivity contribution in [2.75, 3.05) is 0 Å². The molecule has 5 nitrogen and oxygen atoms in total. The van der Waals surface area contributed by atoms with Crippen molar-refractivity contribution in [2.24, 2.45) is 21.0 Å². The van der Waals surface area contributed by atoms with E-state index in [0.29, 0.717) is 11.4 Å². The smallest absolute Gasteiger partial charge is 0.242 e. The number of azo groups is 1. The molecular formula is C9H8N4O. The Balaban J connectivity index is 2.36. The minimum absolute atomic E-state index is 0.131. The Morgan fingerprint density at radius 2 is 2.00 bits per heavy atom. The molecule has 0 bridgehead atoms. The molecule has 0 spiro atoms. The van der Waals surface area contributed by atoms with Gasteiger partial charge in [0.2, 0.25) is 5.96 Å². The largest absolute Gasteiger partial charge is 0.507 e. The van der Waals surface area contributed by atoms with Crippen LogP contribution in [0.25, 0.3) is 6.08 Å². The molecule has 1 aromatic rings. The van der Waals surface area contributed by atoms with Crippen molar-refractivity contribution >= 4 is 12.0 Å². The van der Waals surface area contributed by atoms with Gasteiger partial charge in [-0.3, -0.25) is 0 Å². The van der Waals surface area contributed by atoms with Crippen molar-refractivity contribution in [3.8, 4) is 5.75 Å². The lowest BCUT2D eigenvalue weighted by Gasteiger charge is -1.96. The first-order valence-electron chi connectivity index (χ1n) is 4.01. The molecule has 70 valence electrons. The summed E-state index contributed by atoms with van der Waals surface area (Å²) in [4.78, 5) is 3.84. The number of nitrogens with two attached hydrogens (primary N) is 1.